The first kappa shape index (κ1) is 13.4. The number of epoxide rings is 1. The minimum absolute atomic E-state index is 0.0358. The number of ether oxygens (including phenoxy) is 5. The van der Waals surface area contributed by atoms with Crippen molar-refractivity contribution >= 4 is 0 Å². The summed E-state index contributed by atoms with van der Waals surface area (Å²) in [4.78, 5) is 0. The monoisotopic (exact) mass is 290 g/mol. The van der Waals surface area contributed by atoms with Crippen molar-refractivity contribution in [3.63, 3.8) is 0 Å². The fraction of sp³-hybridized carbons (Fsp3) is 0.500. The molecule has 0 unspecified atom stereocenters. The zero-order valence-electron chi connectivity index (χ0n) is 11.6. The van der Waals surface area contributed by atoms with E-state index >= 15 is 0 Å². The molecule has 3 heterocycles. The van der Waals surface area contributed by atoms with E-state index in [1.165, 1.54) is 0 Å². The molecule has 1 aromatic carbocycles. The van der Waals surface area contributed by atoms with Crippen molar-refractivity contribution in [1.29, 1.82) is 0 Å². The second-order valence-corrected chi connectivity index (χ2v) is 5.41. The zero-order valence-corrected chi connectivity index (χ0v) is 11.6. The Hall–Kier alpha value is -1.24. The number of hydrogen-bond donors (Lipinski definition) is 0. The lowest BCUT2D eigenvalue weighted by Crippen LogP contribution is -2.52. The molecule has 4 rings (SSSR count). The van der Waals surface area contributed by atoms with E-state index in [0.717, 1.165) is 5.56 Å². The molecule has 5 nitrogen and oxygen atoms in total. The van der Waals surface area contributed by atoms with E-state index in [1.807, 2.05) is 30.3 Å². The number of benzene rings is 1. The third-order valence-electron chi connectivity index (χ3n) is 3.97. The molecule has 3 saturated heterocycles. The molecule has 0 radical (unpaired) electrons. The van der Waals surface area contributed by atoms with Crippen LogP contribution >= 0.6 is 0 Å². The second-order valence-electron chi connectivity index (χ2n) is 5.41. The van der Waals surface area contributed by atoms with Gasteiger partial charge in [0.1, 0.15) is 24.4 Å². The SMILES string of the molecule is C=CCO[C@H]1O[C@@H]2CO[C@@H](c3ccccc3)O[C@H]2[C@@H]2O[C@H]12. The summed E-state index contributed by atoms with van der Waals surface area (Å²) in [6.07, 6.45) is 0.739. The lowest BCUT2D eigenvalue weighted by molar-refractivity contribution is -0.306. The quantitative estimate of drug-likeness (QED) is 0.625. The normalized spacial score (nSPS) is 41.0. The molecule has 0 aliphatic carbocycles. The molecule has 1 aromatic rings. The van der Waals surface area contributed by atoms with Gasteiger partial charge in [0, 0.05) is 5.56 Å². The van der Waals surface area contributed by atoms with Gasteiger partial charge < -0.3 is 23.7 Å². The Bertz CT molecular complexity index is 505. The lowest BCUT2D eigenvalue weighted by atomic mass is 10.0. The van der Waals surface area contributed by atoms with Gasteiger partial charge in [-0.1, -0.05) is 36.4 Å². The van der Waals surface area contributed by atoms with E-state index in [1.54, 1.807) is 6.08 Å². The first-order chi connectivity index (χ1) is 10.4. The van der Waals surface area contributed by atoms with Gasteiger partial charge in [-0.05, 0) is 0 Å². The summed E-state index contributed by atoms with van der Waals surface area (Å²) in [7, 11) is 0. The standard InChI is InChI=1S/C16H18O5/c1-2-8-17-16-14-13(20-14)12-11(19-16)9-18-15(21-12)10-6-4-3-5-7-10/h2-7,11-16H,1,8-9H2/t11-,12-,13+,14+,15-,16+/m1/s1. The van der Waals surface area contributed by atoms with Crippen molar-refractivity contribution in [2.24, 2.45) is 0 Å². The molecule has 21 heavy (non-hydrogen) atoms. The highest BCUT2D eigenvalue weighted by Gasteiger charge is 2.60. The summed E-state index contributed by atoms with van der Waals surface area (Å²) < 4.78 is 28.9. The number of hydrogen-bond acceptors (Lipinski definition) is 5. The molecular formula is C16H18O5. The Morgan fingerprint density at radius 1 is 1.10 bits per heavy atom. The van der Waals surface area contributed by atoms with E-state index in [0.29, 0.717) is 13.2 Å². The molecule has 0 bridgehead atoms. The van der Waals surface area contributed by atoms with Crippen LogP contribution in [0.2, 0.25) is 0 Å². The van der Waals surface area contributed by atoms with Crippen LogP contribution in [-0.4, -0.2) is 43.9 Å². The molecule has 3 fully saturated rings. The molecule has 0 spiro atoms. The predicted molar refractivity (Wildman–Crippen MR) is 73.5 cm³/mol. The average Bonchev–Trinajstić information content (AvgIpc) is 3.34. The number of fused-ring (bicyclic) bond motifs is 3. The molecule has 0 aromatic heterocycles. The fourth-order valence-electron chi connectivity index (χ4n) is 2.90. The first-order valence-electron chi connectivity index (χ1n) is 7.22. The molecule has 6 atom stereocenters. The van der Waals surface area contributed by atoms with Crippen LogP contribution in [0.1, 0.15) is 11.9 Å². The Kier molecular flexibility index (Phi) is 3.52. The van der Waals surface area contributed by atoms with E-state index in [9.17, 15) is 0 Å². The van der Waals surface area contributed by atoms with Gasteiger partial charge in [-0.2, -0.15) is 0 Å². The van der Waals surface area contributed by atoms with Gasteiger partial charge in [0.2, 0.25) is 0 Å². The van der Waals surface area contributed by atoms with E-state index in [-0.39, 0.29) is 37.0 Å². The highest BCUT2D eigenvalue weighted by molar-refractivity contribution is 5.17. The smallest absolute Gasteiger partial charge is 0.187 e. The van der Waals surface area contributed by atoms with Crippen LogP contribution in [0.4, 0.5) is 0 Å². The third kappa shape index (κ3) is 2.52. The molecule has 3 aliphatic rings. The van der Waals surface area contributed by atoms with Crippen molar-refractivity contribution < 1.29 is 23.7 Å². The van der Waals surface area contributed by atoms with Gasteiger partial charge in [0.05, 0.1) is 13.2 Å². The van der Waals surface area contributed by atoms with E-state index in [2.05, 4.69) is 6.58 Å². The van der Waals surface area contributed by atoms with E-state index in [4.69, 9.17) is 23.7 Å². The van der Waals surface area contributed by atoms with Crippen LogP contribution in [0.25, 0.3) is 0 Å². The molecule has 112 valence electrons. The largest absolute Gasteiger partial charge is 0.361 e. The third-order valence-corrected chi connectivity index (χ3v) is 3.97. The summed E-state index contributed by atoms with van der Waals surface area (Å²) in [6.45, 7) is 4.56. The minimum atomic E-state index is -0.355. The van der Waals surface area contributed by atoms with Gasteiger partial charge in [0.15, 0.2) is 12.6 Å². The molecule has 5 heteroatoms. The van der Waals surface area contributed by atoms with Crippen LogP contribution in [0.3, 0.4) is 0 Å². The second kappa shape index (κ2) is 5.51. The van der Waals surface area contributed by atoms with Gasteiger partial charge >= 0.3 is 0 Å². The van der Waals surface area contributed by atoms with Gasteiger partial charge in [-0.15, -0.1) is 6.58 Å². The highest BCUT2D eigenvalue weighted by atomic mass is 16.8. The zero-order chi connectivity index (χ0) is 14.2. The maximum absolute atomic E-state index is 6.04. The molecule has 0 N–H and O–H groups in total. The summed E-state index contributed by atoms with van der Waals surface area (Å²) in [5.41, 5.74) is 1.01. The van der Waals surface area contributed by atoms with Crippen LogP contribution in [0.15, 0.2) is 43.0 Å². The molecule has 0 saturated carbocycles. The summed E-state index contributed by atoms with van der Waals surface area (Å²) >= 11 is 0. The Morgan fingerprint density at radius 2 is 1.95 bits per heavy atom. The predicted octanol–water partition coefficient (Wildman–Crippen LogP) is 1.80. The molecule has 3 aliphatic heterocycles. The van der Waals surface area contributed by atoms with Crippen molar-refractivity contribution in [3.05, 3.63) is 48.6 Å². The maximum Gasteiger partial charge on any atom is 0.187 e. The Morgan fingerprint density at radius 3 is 2.76 bits per heavy atom. The van der Waals surface area contributed by atoms with Gasteiger partial charge in [-0.25, -0.2) is 0 Å². The lowest BCUT2D eigenvalue weighted by Gasteiger charge is -2.39. The first-order valence-corrected chi connectivity index (χ1v) is 7.22. The highest BCUT2D eigenvalue weighted by Crippen LogP contribution is 2.43. The van der Waals surface area contributed by atoms with Gasteiger partial charge in [-0.3, -0.25) is 0 Å². The van der Waals surface area contributed by atoms with Crippen LogP contribution in [-0.2, 0) is 23.7 Å². The summed E-state index contributed by atoms with van der Waals surface area (Å²) in [5.74, 6) is 0. The fourth-order valence-corrected chi connectivity index (χ4v) is 2.90. The Labute approximate surface area is 123 Å². The summed E-state index contributed by atoms with van der Waals surface area (Å²) in [6, 6.07) is 9.91. The van der Waals surface area contributed by atoms with Crippen LogP contribution in [0.5, 0.6) is 0 Å². The number of rotatable bonds is 4. The maximum atomic E-state index is 6.04. The molecular weight excluding hydrogens is 272 g/mol. The van der Waals surface area contributed by atoms with Crippen LogP contribution < -0.4 is 0 Å². The van der Waals surface area contributed by atoms with Crippen LogP contribution in [0, 0.1) is 0 Å². The summed E-state index contributed by atoms with van der Waals surface area (Å²) in [5, 5.41) is 0. The average molecular weight is 290 g/mol. The van der Waals surface area contributed by atoms with Crippen molar-refractivity contribution in [2.75, 3.05) is 13.2 Å². The topological polar surface area (TPSA) is 49.5 Å². The van der Waals surface area contributed by atoms with E-state index < -0.39 is 0 Å². The minimum Gasteiger partial charge on any atom is -0.361 e. The van der Waals surface area contributed by atoms with Gasteiger partial charge in [0.25, 0.3) is 0 Å². The molecule has 0 amide bonds. The van der Waals surface area contributed by atoms with Crippen molar-refractivity contribution in [2.45, 2.75) is 37.0 Å². The van der Waals surface area contributed by atoms with Crippen molar-refractivity contribution in [1.82, 2.24) is 0 Å². The van der Waals surface area contributed by atoms with Crippen molar-refractivity contribution in [3.8, 4) is 0 Å². The Balaban J connectivity index is 1.43.